The number of carbonyl (C=O) groups is 1. The molecule has 0 spiro atoms. The number of hydrogen-bond acceptors (Lipinski definition) is 4. The first-order valence-electron chi connectivity index (χ1n) is 7.98. The topological polar surface area (TPSA) is 68.0 Å². The summed E-state index contributed by atoms with van der Waals surface area (Å²) in [6.07, 6.45) is 5.39. The smallest absolute Gasteiger partial charge is 0.224 e. The van der Waals surface area contributed by atoms with E-state index in [0.717, 1.165) is 35.7 Å². The van der Waals surface area contributed by atoms with Crippen molar-refractivity contribution in [2.45, 2.75) is 52.4 Å². The molecule has 5 heteroatoms. The lowest BCUT2D eigenvalue weighted by molar-refractivity contribution is -0.120. The number of aryl methyl sites for hydroxylation is 2. The zero-order chi connectivity index (χ0) is 16.9. The normalized spacial score (nSPS) is 11.5. The monoisotopic (exact) mass is 315 g/mol. The lowest BCUT2D eigenvalue weighted by Crippen LogP contribution is -2.26. The van der Waals surface area contributed by atoms with E-state index in [2.05, 4.69) is 36.1 Å². The third-order valence-electron chi connectivity index (χ3n) is 3.52. The summed E-state index contributed by atoms with van der Waals surface area (Å²) in [6.45, 7) is 8.85. The van der Waals surface area contributed by atoms with Crippen molar-refractivity contribution in [2.24, 2.45) is 0 Å². The van der Waals surface area contributed by atoms with Crippen molar-refractivity contribution >= 4 is 5.91 Å². The second kappa shape index (κ2) is 7.40. The van der Waals surface area contributed by atoms with Crippen LogP contribution in [0.4, 0.5) is 0 Å². The van der Waals surface area contributed by atoms with Crippen LogP contribution in [0.3, 0.4) is 0 Å². The molecule has 0 saturated carbocycles. The van der Waals surface area contributed by atoms with Crippen molar-refractivity contribution in [1.82, 2.24) is 15.3 Å². The van der Waals surface area contributed by atoms with Gasteiger partial charge in [-0.05, 0) is 25.0 Å². The minimum absolute atomic E-state index is 0.0164. The predicted molar refractivity (Wildman–Crippen MR) is 89.2 cm³/mol. The maximum Gasteiger partial charge on any atom is 0.224 e. The number of rotatable bonds is 6. The first-order valence-corrected chi connectivity index (χ1v) is 7.98. The summed E-state index contributed by atoms with van der Waals surface area (Å²) in [7, 11) is 0. The van der Waals surface area contributed by atoms with Gasteiger partial charge in [-0.1, -0.05) is 26.8 Å². The summed E-state index contributed by atoms with van der Waals surface area (Å²) in [5.74, 6) is 1.70. The summed E-state index contributed by atoms with van der Waals surface area (Å²) in [5, 5.41) is 2.93. The van der Waals surface area contributed by atoms with Crippen molar-refractivity contribution in [2.75, 3.05) is 6.54 Å². The van der Waals surface area contributed by atoms with Crippen LogP contribution in [-0.2, 0) is 23.1 Å². The molecule has 0 atom stereocenters. The second-order valence-electron chi connectivity index (χ2n) is 6.77. The molecule has 0 saturated heterocycles. The molecule has 0 radical (unpaired) electrons. The van der Waals surface area contributed by atoms with Crippen LogP contribution in [-0.4, -0.2) is 22.4 Å². The van der Waals surface area contributed by atoms with Gasteiger partial charge in [0, 0.05) is 30.8 Å². The molecule has 0 aliphatic carbocycles. The van der Waals surface area contributed by atoms with Crippen LogP contribution in [0, 0.1) is 6.92 Å². The number of amides is 1. The molecule has 2 aromatic heterocycles. The Labute approximate surface area is 137 Å². The van der Waals surface area contributed by atoms with Gasteiger partial charge in [-0.25, -0.2) is 4.98 Å². The van der Waals surface area contributed by atoms with E-state index < -0.39 is 0 Å². The van der Waals surface area contributed by atoms with Gasteiger partial charge >= 0.3 is 0 Å². The molecule has 0 aliphatic rings. The summed E-state index contributed by atoms with van der Waals surface area (Å²) >= 11 is 0. The summed E-state index contributed by atoms with van der Waals surface area (Å²) in [4.78, 5) is 20.3. The molecular weight excluding hydrogens is 290 g/mol. The Morgan fingerprint density at radius 2 is 2.13 bits per heavy atom. The van der Waals surface area contributed by atoms with Gasteiger partial charge in [-0.15, -0.1) is 0 Å². The van der Waals surface area contributed by atoms with Crippen LogP contribution in [0.15, 0.2) is 28.9 Å². The van der Waals surface area contributed by atoms with Crippen LogP contribution < -0.4 is 5.32 Å². The molecular formula is C18H25N3O2. The molecule has 1 amide bonds. The maximum absolute atomic E-state index is 11.9. The zero-order valence-electron chi connectivity index (χ0n) is 14.3. The Morgan fingerprint density at radius 3 is 2.74 bits per heavy atom. The van der Waals surface area contributed by atoms with Crippen LogP contribution in [0.2, 0.25) is 0 Å². The maximum atomic E-state index is 11.9. The molecule has 0 bridgehead atoms. The Kier molecular flexibility index (Phi) is 5.53. The zero-order valence-corrected chi connectivity index (χ0v) is 14.3. The van der Waals surface area contributed by atoms with Crippen molar-refractivity contribution < 1.29 is 9.21 Å². The number of pyridine rings is 1. The van der Waals surface area contributed by atoms with E-state index in [1.807, 2.05) is 19.1 Å². The molecule has 0 fully saturated rings. The first kappa shape index (κ1) is 17.2. The number of nitrogens with one attached hydrogen (secondary N) is 1. The fraction of sp³-hybridized carbons (Fsp3) is 0.500. The molecule has 2 heterocycles. The number of aromatic nitrogens is 2. The quantitative estimate of drug-likeness (QED) is 0.832. The molecule has 2 rings (SSSR count). The number of carbonyl (C=O) groups excluding carboxylic acids is 1. The minimum Gasteiger partial charge on any atom is -0.445 e. The van der Waals surface area contributed by atoms with Crippen LogP contribution in [0.1, 0.15) is 50.1 Å². The first-order chi connectivity index (χ1) is 10.9. The molecule has 0 aliphatic heterocycles. The third kappa shape index (κ3) is 5.20. The van der Waals surface area contributed by atoms with Gasteiger partial charge in [0.25, 0.3) is 0 Å². The fourth-order valence-corrected chi connectivity index (χ4v) is 2.21. The van der Waals surface area contributed by atoms with E-state index in [4.69, 9.17) is 4.42 Å². The van der Waals surface area contributed by atoms with Gasteiger partial charge < -0.3 is 9.73 Å². The third-order valence-corrected chi connectivity index (χ3v) is 3.52. The Morgan fingerprint density at radius 1 is 1.35 bits per heavy atom. The Bertz CT molecular complexity index is 642. The van der Waals surface area contributed by atoms with Crippen LogP contribution in [0.25, 0.3) is 0 Å². The minimum atomic E-state index is -0.0824. The predicted octanol–water partition coefficient (Wildman–Crippen LogP) is 2.97. The van der Waals surface area contributed by atoms with Gasteiger partial charge in [0.2, 0.25) is 5.91 Å². The van der Waals surface area contributed by atoms with Crippen molar-refractivity contribution in [3.05, 3.63) is 47.4 Å². The lowest BCUT2D eigenvalue weighted by atomic mass is 9.97. The van der Waals surface area contributed by atoms with Crippen molar-refractivity contribution in [3.8, 4) is 0 Å². The molecule has 0 aromatic carbocycles. The van der Waals surface area contributed by atoms with Gasteiger partial charge in [-0.3, -0.25) is 9.78 Å². The SMILES string of the molecule is Cc1nc(C(C)(C)C)oc1CCCNC(=O)Cc1cccnc1. The lowest BCUT2D eigenvalue weighted by Gasteiger charge is -2.12. The van der Waals surface area contributed by atoms with E-state index in [9.17, 15) is 4.79 Å². The van der Waals surface area contributed by atoms with E-state index in [1.165, 1.54) is 0 Å². The fourth-order valence-electron chi connectivity index (χ4n) is 2.21. The van der Waals surface area contributed by atoms with E-state index in [0.29, 0.717) is 13.0 Å². The Balaban J connectivity index is 1.75. The molecule has 0 unspecified atom stereocenters. The molecule has 5 nitrogen and oxygen atoms in total. The highest BCUT2D eigenvalue weighted by molar-refractivity contribution is 5.78. The van der Waals surface area contributed by atoms with Crippen molar-refractivity contribution in [1.29, 1.82) is 0 Å². The highest BCUT2D eigenvalue weighted by Gasteiger charge is 2.21. The summed E-state index contributed by atoms with van der Waals surface area (Å²) < 4.78 is 5.85. The average molecular weight is 315 g/mol. The molecule has 124 valence electrons. The van der Waals surface area contributed by atoms with Gasteiger partial charge in [-0.2, -0.15) is 0 Å². The molecule has 23 heavy (non-hydrogen) atoms. The number of nitrogens with zero attached hydrogens (tertiary/aromatic N) is 2. The van der Waals surface area contributed by atoms with Gasteiger partial charge in [0.1, 0.15) is 5.76 Å². The number of hydrogen-bond donors (Lipinski definition) is 1. The van der Waals surface area contributed by atoms with Gasteiger partial charge in [0.15, 0.2) is 5.89 Å². The highest BCUT2D eigenvalue weighted by atomic mass is 16.4. The van der Waals surface area contributed by atoms with E-state index >= 15 is 0 Å². The standard InChI is InChI=1S/C18H25N3O2/c1-13-15(23-17(21-13)18(2,3)4)8-6-10-20-16(22)11-14-7-5-9-19-12-14/h5,7,9,12H,6,8,10-11H2,1-4H3,(H,20,22). The van der Waals surface area contributed by atoms with Crippen molar-refractivity contribution in [3.63, 3.8) is 0 Å². The molecule has 2 aromatic rings. The van der Waals surface area contributed by atoms with Gasteiger partial charge in [0.05, 0.1) is 12.1 Å². The highest BCUT2D eigenvalue weighted by Crippen LogP contribution is 2.24. The number of oxazole rings is 1. The largest absolute Gasteiger partial charge is 0.445 e. The van der Waals surface area contributed by atoms with E-state index in [-0.39, 0.29) is 11.3 Å². The second-order valence-corrected chi connectivity index (χ2v) is 6.77. The van der Waals surface area contributed by atoms with Crippen LogP contribution >= 0.6 is 0 Å². The average Bonchev–Trinajstić information content (AvgIpc) is 2.86. The molecule has 1 N–H and O–H groups in total. The Hall–Kier alpha value is -2.17. The summed E-state index contributed by atoms with van der Waals surface area (Å²) in [6, 6.07) is 3.74. The van der Waals surface area contributed by atoms with E-state index in [1.54, 1.807) is 12.4 Å². The summed E-state index contributed by atoms with van der Waals surface area (Å²) in [5.41, 5.74) is 1.78. The van der Waals surface area contributed by atoms with Crippen LogP contribution in [0.5, 0.6) is 0 Å².